The first kappa shape index (κ1) is 31.9. The van der Waals surface area contributed by atoms with Gasteiger partial charge in [-0.15, -0.1) is 0 Å². The maximum absolute atomic E-state index is 14.0. The molecule has 0 aliphatic rings. The average molecular weight is 413 g/mol. The molecule has 30 heavy (non-hydrogen) atoms. The first-order chi connectivity index (χ1) is 13.9. The van der Waals surface area contributed by atoms with Gasteiger partial charge < -0.3 is 0 Å². The monoisotopic (exact) mass is 412 g/mol. The summed E-state index contributed by atoms with van der Waals surface area (Å²) >= 11 is 0. The van der Waals surface area contributed by atoms with Crippen molar-refractivity contribution in [3.8, 4) is 0 Å². The summed E-state index contributed by atoms with van der Waals surface area (Å²) in [5, 5.41) is 0. The zero-order chi connectivity index (χ0) is 24.3. The van der Waals surface area contributed by atoms with Gasteiger partial charge in [0.2, 0.25) is 0 Å². The number of Topliss-reactive ketones (excluding diaryl/α,β-unsaturated/α-hetero) is 1. The molecule has 0 N–H and O–H groups in total. The minimum absolute atomic E-state index is 0.110. The number of hydrogen-bond acceptors (Lipinski definition) is 1. The van der Waals surface area contributed by atoms with Gasteiger partial charge in [0.25, 0.3) is 0 Å². The van der Waals surface area contributed by atoms with E-state index in [1.54, 1.807) is 24.3 Å². The quantitative estimate of drug-likeness (QED) is 0.258. The SMILES string of the molecule is C=C(/C=C(/F)C(=C)C(=C)/C=C\C(=C)C(=C)/C=C\C(=C)C(C)=O)CC.CCC.CCC. The third-order valence-electron chi connectivity index (χ3n) is 3.30. The van der Waals surface area contributed by atoms with Crippen molar-refractivity contribution in [1.29, 1.82) is 0 Å². The molecule has 0 aliphatic heterocycles. The highest BCUT2D eigenvalue weighted by atomic mass is 19.1. The van der Waals surface area contributed by atoms with Gasteiger partial charge in [-0.2, -0.15) is 0 Å². The molecule has 0 aromatic rings. The molecule has 166 valence electrons. The van der Waals surface area contributed by atoms with Crippen LogP contribution < -0.4 is 0 Å². The Bertz CT molecular complexity index is 722. The number of carbonyl (C=O) groups is 1. The lowest BCUT2D eigenvalue weighted by molar-refractivity contribution is -0.113. The Morgan fingerprint density at radius 1 is 0.700 bits per heavy atom. The van der Waals surface area contributed by atoms with Gasteiger partial charge in [-0.1, -0.05) is 117 Å². The summed E-state index contributed by atoms with van der Waals surface area (Å²) in [5.74, 6) is -0.570. The van der Waals surface area contributed by atoms with Gasteiger partial charge in [0.05, 0.1) is 0 Å². The van der Waals surface area contributed by atoms with Crippen molar-refractivity contribution in [2.45, 2.75) is 60.8 Å². The molecule has 0 atom stereocenters. The highest BCUT2D eigenvalue weighted by molar-refractivity contribution is 5.95. The van der Waals surface area contributed by atoms with Crippen LogP contribution in [0.4, 0.5) is 4.39 Å². The molecule has 0 radical (unpaired) electrons. The van der Waals surface area contributed by atoms with Crippen LogP contribution in [0.25, 0.3) is 0 Å². The Labute approximate surface area is 185 Å². The van der Waals surface area contributed by atoms with Crippen LogP contribution in [0.15, 0.2) is 109 Å². The predicted molar refractivity (Wildman–Crippen MR) is 135 cm³/mol. The maximum atomic E-state index is 14.0. The van der Waals surface area contributed by atoms with Gasteiger partial charge in [0.1, 0.15) is 5.83 Å². The molecule has 0 aromatic heterocycles. The summed E-state index contributed by atoms with van der Waals surface area (Å²) in [6, 6.07) is 0. The molecule has 0 saturated heterocycles. The molecule has 0 amide bonds. The van der Waals surface area contributed by atoms with Gasteiger partial charge in [0, 0.05) is 11.1 Å². The van der Waals surface area contributed by atoms with Crippen molar-refractivity contribution >= 4 is 5.78 Å². The van der Waals surface area contributed by atoms with Crippen LogP contribution >= 0.6 is 0 Å². The second-order valence-corrected chi connectivity index (χ2v) is 6.72. The van der Waals surface area contributed by atoms with Crippen LogP contribution in [0, 0.1) is 0 Å². The predicted octanol–water partition coefficient (Wildman–Crippen LogP) is 9.12. The van der Waals surface area contributed by atoms with Crippen molar-refractivity contribution in [2.24, 2.45) is 0 Å². The molecule has 2 heteroatoms. The molecule has 0 unspecified atom stereocenters. The summed E-state index contributed by atoms with van der Waals surface area (Å²) < 4.78 is 14.0. The van der Waals surface area contributed by atoms with Gasteiger partial charge in [0.15, 0.2) is 5.78 Å². The molecule has 0 rings (SSSR count). The van der Waals surface area contributed by atoms with E-state index in [1.807, 2.05) is 6.92 Å². The minimum atomic E-state index is -0.460. The first-order valence-corrected chi connectivity index (χ1v) is 10.3. The Morgan fingerprint density at radius 2 is 1.03 bits per heavy atom. The molecule has 0 aliphatic carbocycles. The molecule has 0 heterocycles. The summed E-state index contributed by atoms with van der Waals surface area (Å²) in [4.78, 5) is 11.1. The van der Waals surface area contributed by atoms with Crippen molar-refractivity contribution in [1.82, 2.24) is 0 Å². The second kappa shape index (κ2) is 19.6. The van der Waals surface area contributed by atoms with Crippen LogP contribution in [0.1, 0.15) is 60.8 Å². The lowest BCUT2D eigenvalue weighted by atomic mass is 10.0. The van der Waals surface area contributed by atoms with Gasteiger partial charge in [-0.25, -0.2) is 4.39 Å². The third kappa shape index (κ3) is 17.4. The Morgan fingerprint density at radius 3 is 1.37 bits per heavy atom. The first-order valence-electron chi connectivity index (χ1n) is 10.3. The van der Waals surface area contributed by atoms with E-state index in [4.69, 9.17) is 0 Å². The Balaban J connectivity index is -0.00000107. The number of hydrogen-bond donors (Lipinski definition) is 0. The fourth-order valence-corrected chi connectivity index (χ4v) is 1.36. The van der Waals surface area contributed by atoms with Crippen molar-refractivity contribution in [3.63, 3.8) is 0 Å². The average Bonchev–Trinajstić information content (AvgIpc) is 2.69. The number of carbonyl (C=O) groups excluding carboxylic acids is 1. The van der Waals surface area contributed by atoms with Crippen molar-refractivity contribution in [3.05, 3.63) is 109 Å². The van der Waals surface area contributed by atoms with E-state index in [9.17, 15) is 9.18 Å². The molecule has 1 nitrogen and oxygen atoms in total. The van der Waals surface area contributed by atoms with E-state index in [-0.39, 0.29) is 11.4 Å². The standard InChI is InChI=1S/C22H25FO.2C3H8/c1-9-15(2)14-22(23)20(7)18(5)12-10-16(3)17(4)11-13-19(6)21(8)24;2*1-3-2/h10-14H,2-7,9H2,1,8H3;2*3H2,1-2H3/b12-10-,13-11-,22-14+;;. The molecule has 0 fully saturated rings. The summed E-state index contributed by atoms with van der Waals surface area (Å²) in [6.07, 6.45) is 11.0. The number of rotatable bonds is 10. The molecule has 0 bridgehead atoms. The zero-order valence-corrected chi connectivity index (χ0v) is 20.0. The maximum Gasteiger partial charge on any atom is 0.159 e. The lowest BCUT2D eigenvalue weighted by Gasteiger charge is -2.05. The topological polar surface area (TPSA) is 17.1 Å². The van der Waals surface area contributed by atoms with E-state index >= 15 is 0 Å². The van der Waals surface area contributed by atoms with Crippen molar-refractivity contribution in [2.75, 3.05) is 0 Å². The van der Waals surface area contributed by atoms with Gasteiger partial charge in [-0.3, -0.25) is 4.79 Å². The van der Waals surface area contributed by atoms with Crippen LogP contribution in [0.2, 0.25) is 0 Å². The van der Waals surface area contributed by atoms with Crippen LogP contribution in [0.3, 0.4) is 0 Å². The normalized spacial score (nSPS) is 10.4. The van der Waals surface area contributed by atoms with Crippen LogP contribution in [-0.2, 0) is 4.79 Å². The second-order valence-electron chi connectivity index (χ2n) is 6.72. The largest absolute Gasteiger partial charge is 0.295 e. The van der Waals surface area contributed by atoms with E-state index in [0.29, 0.717) is 34.3 Å². The van der Waals surface area contributed by atoms with Crippen LogP contribution in [0.5, 0.6) is 0 Å². The number of allylic oxidation sites excluding steroid dienone is 12. The molecular weight excluding hydrogens is 371 g/mol. The van der Waals surface area contributed by atoms with Gasteiger partial charge >= 0.3 is 0 Å². The third-order valence-corrected chi connectivity index (χ3v) is 3.30. The summed E-state index contributed by atoms with van der Waals surface area (Å²) in [7, 11) is 0. The van der Waals surface area contributed by atoms with E-state index < -0.39 is 5.83 Å². The Kier molecular flexibility index (Phi) is 20.8. The molecule has 0 saturated carbocycles. The van der Waals surface area contributed by atoms with Gasteiger partial charge in [-0.05, 0) is 36.1 Å². The molecule has 0 aromatic carbocycles. The van der Waals surface area contributed by atoms with Crippen LogP contribution in [-0.4, -0.2) is 5.78 Å². The smallest absolute Gasteiger partial charge is 0.159 e. The summed E-state index contributed by atoms with van der Waals surface area (Å²) in [6.45, 7) is 34.4. The van der Waals surface area contributed by atoms with Crippen molar-refractivity contribution < 1.29 is 9.18 Å². The zero-order valence-electron chi connectivity index (χ0n) is 20.0. The molecular formula is C28H41FO. The van der Waals surface area contributed by atoms with E-state index in [0.717, 1.165) is 0 Å². The summed E-state index contributed by atoms with van der Waals surface area (Å²) in [5.41, 5.74) is 2.91. The molecule has 0 spiro atoms. The lowest BCUT2D eigenvalue weighted by Crippen LogP contribution is -1.90. The highest BCUT2D eigenvalue weighted by Crippen LogP contribution is 2.21. The highest BCUT2D eigenvalue weighted by Gasteiger charge is 2.04. The fourth-order valence-electron chi connectivity index (χ4n) is 1.36. The van der Waals surface area contributed by atoms with E-state index in [2.05, 4.69) is 67.2 Å². The minimum Gasteiger partial charge on any atom is -0.295 e. The fraction of sp³-hybridized carbons (Fsp3) is 0.321. The van der Waals surface area contributed by atoms with E-state index in [1.165, 1.54) is 25.8 Å². The Hall–Kier alpha value is -2.74. The number of halogens is 1. The number of ketones is 1.